The van der Waals surface area contributed by atoms with Crippen molar-refractivity contribution in [3.05, 3.63) is 93.4 Å². The van der Waals surface area contributed by atoms with E-state index in [1.54, 1.807) is 33.3 Å². The average Bonchev–Trinajstić information content (AvgIpc) is 3.28. The number of nitrogens with zero attached hydrogens (tertiary/aromatic N) is 2. The molecular formula is C28H31FN2O2S. The normalized spacial score (nSPS) is 14.1. The van der Waals surface area contributed by atoms with Gasteiger partial charge in [0.2, 0.25) is 5.91 Å². The largest absolute Gasteiger partial charge is 0.332 e. The van der Waals surface area contributed by atoms with Crippen molar-refractivity contribution in [1.29, 1.82) is 0 Å². The molecule has 4 rings (SSSR count). The van der Waals surface area contributed by atoms with Crippen molar-refractivity contribution in [3.63, 3.8) is 0 Å². The van der Waals surface area contributed by atoms with E-state index in [0.717, 1.165) is 41.7 Å². The topological polar surface area (TPSA) is 40.6 Å². The minimum Gasteiger partial charge on any atom is -0.332 e. The Morgan fingerprint density at radius 1 is 0.941 bits per heavy atom. The van der Waals surface area contributed by atoms with Crippen LogP contribution in [0.15, 0.2) is 66.0 Å². The zero-order valence-electron chi connectivity index (χ0n) is 19.6. The first-order chi connectivity index (χ1) is 16.5. The van der Waals surface area contributed by atoms with Crippen LogP contribution in [-0.4, -0.2) is 34.2 Å². The lowest BCUT2D eigenvalue weighted by Crippen LogP contribution is -2.48. The lowest BCUT2D eigenvalue weighted by Gasteiger charge is -2.35. The molecule has 0 radical (unpaired) electrons. The second-order valence-corrected chi connectivity index (χ2v) is 9.99. The zero-order valence-corrected chi connectivity index (χ0v) is 20.4. The molecule has 0 saturated heterocycles. The molecule has 1 fully saturated rings. The lowest BCUT2D eigenvalue weighted by atomic mass is 9.93. The molecule has 1 saturated carbocycles. The number of halogens is 1. The van der Waals surface area contributed by atoms with Crippen molar-refractivity contribution in [2.24, 2.45) is 0 Å². The third-order valence-electron chi connectivity index (χ3n) is 6.54. The highest BCUT2D eigenvalue weighted by atomic mass is 32.1. The van der Waals surface area contributed by atoms with Crippen molar-refractivity contribution in [2.75, 3.05) is 6.54 Å². The molecule has 0 unspecified atom stereocenters. The molecule has 0 bridgehead atoms. The summed E-state index contributed by atoms with van der Waals surface area (Å²) in [6.45, 7) is 2.93. The minimum absolute atomic E-state index is 0.0456. The van der Waals surface area contributed by atoms with Gasteiger partial charge >= 0.3 is 0 Å². The fraction of sp³-hybridized carbons (Fsp3) is 0.357. The molecular weight excluding hydrogens is 447 g/mol. The molecule has 2 aromatic carbocycles. The first-order valence-corrected chi connectivity index (χ1v) is 12.8. The Hall–Kier alpha value is -2.99. The van der Waals surface area contributed by atoms with Gasteiger partial charge in [-0.15, -0.1) is 11.3 Å². The predicted molar refractivity (Wildman–Crippen MR) is 134 cm³/mol. The van der Waals surface area contributed by atoms with E-state index < -0.39 is 0 Å². The molecule has 2 amide bonds. The molecule has 1 aliphatic carbocycles. The van der Waals surface area contributed by atoms with Crippen LogP contribution in [0.2, 0.25) is 0 Å². The second-order valence-electron chi connectivity index (χ2n) is 8.99. The maximum absolute atomic E-state index is 13.7. The number of rotatable bonds is 8. The van der Waals surface area contributed by atoms with Crippen LogP contribution in [0.3, 0.4) is 0 Å². The van der Waals surface area contributed by atoms with Crippen LogP contribution in [0, 0.1) is 12.7 Å². The highest BCUT2D eigenvalue weighted by molar-refractivity contribution is 7.10. The molecule has 178 valence electrons. The molecule has 6 heteroatoms. The van der Waals surface area contributed by atoms with Gasteiger partial charge in [0.25, 0.3) is 5.91 Å². The van der Waals surface area contributed by atoms with E-state index in [1.807, 2.05) is 48.7 Å². The van der Waals surface area contributed by atoms with Crippen LogP contribution >= 0.6 is 11.3 Å². The molecule has 4 nitrogen and oxygen atoms in total. The van der Waals surface area contributed by atoms with E-state index >= 15 is 0 Å². The van der Waals surface area contributed by atoms with Gasteiger partial charge in [0.15, 0.2) is 0 Å². The van der Waals surface area contributed by atoms with Gasteiger partial charge in [-0.05, 0) is 66.6 Å². The van der Waals surface area contributed by atoms with Crippen molar-refractivity contribution < 1.29 is 14.0 Å². The quantitative estimate of drug-likeness (QED) is 0.387. The number of hydrogen-bond donors (Lipinski definition) is 0. The molecule has 0 N–H and O–H groups in total. The van der Waals surface area contributed by atoms with Crippen LogP contribution in [0.25, 0.3) is 0 Å². The monoisotopic (exact) mass is 478 g/mol. The Balaban J connectivity index is 1.58. The number of hydrogen-bond acceptors (Lipinski definition) is 3. The van der Waals surface area contributed by atoms with E-state index in [9.17, 15) is 14.0 Å². The SMILES string of the molecule is Cc1ccsc1CN(Cc1ccc(F)cc1)C(=O)CN(C(=O)c1ccccc1)C1CCCCC1. The van der Waals surface area contributed by atoms with Crippen LogP contribution in [0.4, 0.5) is 4.39 Å². The Morgan fingerprint density at radius 3 is 2.29 bits per heavy atom. The first-order valence-electron chi connectivity index (χ1n) is 11.9. The third-order valence-corrected chi connectivity index (χ3v) is 7.55. The summed E-state index contributed by atoms with van der Waals surface area (Å²) >= 11 is 1.62. The molecule has 1 aromatic heterocycles. The average molecular weight is 479 g/mol. The van der Waals surface area contributed by atoms with Crippen molar-refractivity contribution in [3.8, 4) is 0 Å². The summed E-state index contributed by atoms with van der Waals surface area (Å²) in [6.07, 6.45) is 5.17. The summed E-state index contributed by atoms with van der Waals surface area (Å²) in [6, 6.07) is 17.6. The Kier molecular flexibility index (Phi) is 8.12. The van der Waals surface area contributed by atoms with E-state index in [4.69, 9.17) is 0 Å². The smallest absolute Gasteiger partial charge is 0.254 e. The Morgan fingerprint density at radius 2 is 1.65 bits per heavy atom. The van der Waals surface area contributed by atoms with Crippen molar-refractivity contribution in [1.82, 2.24) is 9.80 Å². The molecule has 3 aromatic rings. The molecule has 1 heterocycles. The fourth-order valence-electron chi connectivity index (χ4n) is 4.53. The highest BCUT2D eigenvalue weighted by Gasteiger charge is 2.30. The summed E-state index contributed by atoms with van der Waals surface area (Å²) in [7, 11) is 0. The molecule has 0 atom stereocenters. The van der Waals surface area contributed by atoms with Crippen molar-refractivity contribution in [2.45, 2.75) is 58.2 Å². The number of thiophene rings is 1. The maximum Gasteiger partial charge on any atom is 0.254 e. The zero-order chi connectivity index (χ0) is 23.9. The fourth-order valence-corrected chi connectivity index (χ4v) is 5.45. The van der Waals surface area contributed by atoms with Gasteiger partial charge in [-0.2, -0.15) is 0 Å². The van der Waals surface area contributed by atoms with E-state index in [0.29, 0.717) is 18.7 Å². The van der Waals surface area contributed by atoms with Crippen LogP contribution in [0.5, 0.6) is 0 Å². The molecule has 0 spiro atoms. The molecule has 0 aliphatic heterocycles. The summed E-state index contributed by atoms with van der Waals surface area (Å²) in [5.74, 6) is -0.477. The van der Waals surface area contributed by atoms with Gasteiger partial charge in [0.05, 0.1) is 6.54 Å². The molecule has 1 aliphatic rings. The minimum atomic E-state index is -0.298. The van der Waals surface area contributed by atoms with Crippen LogP contribution in [0.1, 0.15) is 58.5 Å². The summed E-state index contributed by atoms with van der Waals surface area (Å²) in [5.41, 5.74) is 2.62. The van der Waals surface area contributed by atoms with E-state index in [2.05, 4.69) is 0 Å². The van der Waals surface area contributed by atoms with Crippen molar-refractivity contribution >= 4 is 23.2 Å². The van der Waals surface area contributed by atoms with Crippen LogP contribution < -0.4 is 0 Å². The standard InChI is InChI=1S/C28H31FN2O2S/c1-21-16-17-34-26(21)19-30(18-22-12-14-24(29)15-13-22)27(32)20-31(25-10-6-3-7-11-25)28(33)23-8-4-2-5-9-23/h2,4-5,8-9,12-17,25H,3,6-7,10-11,18-20H2,1H3. The number of benzene rings is 2. The maximum atomic E-state index is 13.7. The molecule has 34 heavy (non-hydrogen) atoms. The Labute approximate surface area is 205 Å². The summed E-state index contributed by atoms with van der Waals surface area (Å²) in [5, 5.41) is 2.03. The van der Waals surface area contributed by atoms with E-state index in [1.165, 1.54) is 18.6 Å². The van der Waals surface area contributed by atoms with Gasteiger partial charge in [-0.25, -0.2) is 4.39 Å². The lowest BCUT2D eigenvalue weighted by molar-refractivity contribution is -0.133. The number of carbonyl (C=O) groups is 2. The van der Waals surface area contributed by atoms with Gasteiger partial charge in [0, 0.05) is 23.0 Å². The number of amides is 2. The van der Waals surface area contributed by atoms with Gasteiger partial charge in [0.1, 0.15) is 12.4 Å². The third kappa shape index (κ3) is 6.11. The van der Waals surface area contributed by atoms with E-state index in [-0.39, 0.29) is 30.2 Å². The predicted octanol–water partition coefficient (Wildman–Crippen LogP) is 6.20. The summed E-state index contributed by atoms with van der Waals surface area (Å²) in [4.78, 5) is 31.9. The van der Waals surface area contributed by atoms with Gasteiger partial charge < -0.3 is 9.80 Å². The number of aryl methyl sites for hydroxylation is 1. The Bertz CT molecular complexity index is 1090. The number of carbonyl (C=O) groups excluding carboxylic acids is 2. The highest BCUT2D eigenvalue weighted by Crippen LogP contribution is 2.25. The van der Waals surface area contributed by atoms with Crippen LogP contribution in [-0.2, 0) is 17.9 Å². The van der Waals surface area contributed by atoms with Gasteiger partial charge in [-0.1, -0.05) is 49.6 Å². The van der Waals surface area contributed by atoms with Gasteiger partial charge in [-0.3, -0.25) is 9.59 Å². The summed E-state index contributed by atoms with van der Waals surface area (Å²) < 4.78 is 13.4. The second kappa shape index (κ2) is 11.4. The first kappa shape index (κ1) is 24.1.